The van der Waals surface area contributed by atoms with Crippen LogP contribution < -0.4 is 0 Å². The van der Waals surface area contributed by atoms with E-state index >= 15 is 0 Å². The minimum atomic E-state index is -0.0857. The van der Waals surface area contributed by atoms with Crippen molar-refractivity contribution in [3.8, 4) is 0 Å². The van der Waals surface area contributed by atoms with Gasteiger partial charge in [-0.3, -0.25) is 4.79 Å². The van der Waals surface area contributed by atoms with Crippen LogP contribution in [0, 0.1) is 34.5 Å². The first-order valence-electron chi connectivity index (χ1n) is 8.85. The van der Waals surface area contributed by atoms with E-state index in [2.05, 4.69) is 19.9 Å². The van der Waals surface area contributed by atoms with Crippen LogP contribution in [0.2, 0.25) is 0 Å². The van der Waals surface area contributed by atoms with E-state index in [1.807, 2.05) is 6.08 Å². The fourth-order valence-corrected chi connectivity index (χ4v) is 6.61. The summed E-state index contributed by atoms with van der Waals surface area (Å²) < 4.78 is 0. The van der Waals surface area contributed by atoms with Gasteiger partial charge in [0.2, 0.25) is 0 Å². The number of carbonyl (C=O) groups excluding carboxylic acids is 1. The van der Waals surface area contributed by atoms with Crippen molar-refractivity contribution in [2.45, 2.75) is 64.9 Å². The average Bonchev–Trinajstić information content (AvgIpc) is 2.76. The number of aliphatic hydroxyl groups is 1. The summed E-state index contributed by atoms with van der Waals surface area (Å²) >= 11 is 0. The van der Waals surface area contributed by atoms with Crippen LogP contribution in [0.25, 0.3) is 0 Å². The van der Waals surface area contributed by atoms with Gasteiger partial charge in [0, 0.05) is 6.42 Å². The zero-order valence-electron chi connectivity index (χ0n) is 13.3. The van der Waals surface area contributed by atoms with Crippen LogP contribution >= 0.6 is 0 Å². The minimum absolute atomic E-state index is 0.0857. The number of rotatable bonds is 0. The largest absolute Gasteiger partial charge is 0.393 e. The first-order chi connectivity index (χ1) is 9.95. The Balaban J connectivity index is 1.68. The Labute approximate surface area is 128 Å². The molecule has 3 fully saturated rings. The molecule has 21 heavy (non-hydrogen) atoms. The van der Waals surface area contributed by atoms with Gasteiger partial charge >= 0.3 is 0 Å². The third kappa shape index (κ3) is 1.78. The van der Waals surface area contributed by atoms with E-state index < -0.39 is 0 Å². The van der Waals surface area contributed by atoms with Gasteiger partial charge in [0.05, 0.1) is 6.10 Å². The number of ketones is 1. The number of hydrogen-bond acceptors (Lipinski definition) is 2. The molecule has 3 saturated carbocycles. The second kappa shape index (κ2) is 4.44. The van der Waals surface area contributed by atoms with E-state index in [0.717, 1.165) is 24.7 Å². The van der Waals surface area contributed by atoms with Gasteiger partial charge in [0.1, 0.15) is 0 Å². The zero-order chi connectivity index (χ0) is 14.8. The molecule has 4 aliphatic rings. The molecule has 116 valence electrons. The van der Waals surface area contributed by atoms with Crippen molar-refractivity contribution in [1.82, 2.24) is 0 Å². The Bertz CT molecular complexity index is 496. The predicted octanol–water partition coefficient (Wildman–Crippen LogP) is 3.74. The van der Waals surface area contributed by atoms with Crippen molar-refractivity contribution < 1.29 is 9.90 Å². The molecule has 0 aromatic carbocycles. The zero-order valence-corrected chi connectivity index (χ0v) is 13.3. The van der Waals surface area contributed by atoms with Gasteiger partial charge in [-0.1, -0.05) is 19.9 Å². The van der Waals surface area contributed by atoms with E-state index in [4.69, 9.17) is 0 Å². The first-order valence-corrected chi connectivity index (χ1v) is 8.85. The fourth-order valence-electron chi connectivity index (χ4n) is 6.61. The maximum atomic E-state index is 11.8. The highest BCUT2D eigenvalue weighted by Gasteiger charge is 2.59. The molecule has 0 heterocycles. The van der Waals surface area contributed by atoms with E-state index in [-0.39, 0.29) is 16.9 Å². The highest BCUT2D eigenvalue weighted by Crippen LogP contribution is 2.64. The number of carbonyl (C=O) groups is 1. The third-order valence-electron chi connectivity index (χ3n) is 7.99. The quantitative estimate of drug-likeness (QED) is 0.737. The van der Waals surface area contributed by atoms with Crippen molar-refractivity contribution in [2.24, 2.45) is 34.5 Å². The van der Waals surface area contributed by atoms with Crippen molar-refractivity contribution in [3.05, 3.63) is 12.2 Å². The van der Waals surface area contributed by atoms with E-state index in [1.54, 1.807) is 0 Å². The number of hydrogen-bond donors (Lipinski definition) is 1. The predicted molar refractivity (Wildman–Crippen MR) is 82.6 cm³/mol. The van der Waals surface area contributed by atoms with Gasteiger partial charge < -0.3 is 5.11 Å². The van der Waals surface area contributed by atoms with Gasteiger partial charge in [-0.15, -0.1) is 0 Å². The summed E-state index contributed by atoms with van der Waals surface area (Å²) in [5, 5.41) is 10.4. The number of fused-ring (bicyclic) bond motifs is 5. The molecule has 4 aliphatic carbocycles. The molecule has 0 spiro atoms. The second-order valence-electron chi connectivity index (χ2n) is 8.66. The molecular weight excluding hydrogens is 260 g/mol. The monoisotopic (exact) mass is 288 g/mol. The van der Waals surface area contributed by atoms with Crippen molar-refractivity contribution >= 4 is 5.78 Å². The standard InChI is InChI=1S/C19H28O2/c1-18-9-7-13(20)11-12(18)3-4-14-15-5-6-17(21)19(15,2)10-8-16(14)18/h7,9,12,14-17,21H,3-6,8,10-11H2,1-2H3/t12-,14+,15+,16+,17+,18+,19+/m1/s1. The lowest BCUT2D eigenvalue weighted by Gasteiger charge is -2.58. The Kier molecular flexibility index (Phi) is 2.96. The van der Waals surface area contributed by atoms with Crippen molar-refractivity contribution in [2.75, 3.05) is 0 Å². The average molecular weight is 288 g/mol. The Morgan fingerprint density at radius 3 is 2.71 bits per heavy atom. The van der Waals surface area contributed by atoms with Crippen LogP contribution in [-0.2, 0) is 4.79 Å². The molecule has 4 rings (SSSR count). The Morgan fingerprint density at radius 2 is 1.90 bits per heavy atom. The maximum absolute atomic E-state index is 11.8. The van der Waals surface area contributed by atoms with Crippen LogP contribution in [0.15, 0.2) is 12.2 Å². The van der Waals surface area contributed by atoms with Crippen LogP contribution in [-0.4, -0.2) is 17.0 Å². The first kappa shape index (κ1) is 14.0. The van der Waals surface area contributed by atoms with Gasteiger partial charge in [-0.25, -0.2) is 0 Å². The minimum Gasteiger partial charge on any atom is -0.393 e. The third-order valence-corrected chi connectivity index (χ3v) is 7.99. The molecule has 0 aliphatic heterocycles. The highest BCUT2D eigenvalue weighted by atomic mass is 16.3. The summed E-state index contributed by atoms with van der Waals surface area (Å²) in [5.41, 5.74) is 0.393. The van der Waals surface area contributed by atoms with E-state index in [9.17, 15) is 9.90 Å². The second-order valence-corrected chi connectivity index (χ2v) is 8.66. The van der Waals surface area contributed by atoms with Crippen LogP contribution in [0.4, 0.5) is 0 Å². The molecule has 2 nitrogen and oxygen atoms in total. The smallest absolute Gasteiger partial charge is 0.155 e. The van der Waals surface area contributed by atoms with Crippen molar-refractivity contribution in [1.29, 1.82) is 0 Å². The molecule has 0 saturated heterocycles. The maximum Gasteiger partial charge on any atom is 0.155 e. The van der Waals surface area contributed by atoms with Crippen LogP contribution in [0.3, 0.4) is 0 Å². The Morgan fingerprint density at radius 1 is 1.10 bits per heavy atom. The van der Waals surface area contributed by atoms with Crippen LogP contribution in [0.5, 0.6) is 0 Å². The molecule has 0 bridgehead atoms. The van der Waals surface area contributed by atoms with Gasteiger partial charge in [-0.05, 0) is 79.1 Å². The lowest BCUT2D eigenvalue weighted by Crippen LogP contribution is -2.52. The molecule has 0 aromatic rings. The SMILES string of the molecule is C[C@]12C=CC(=O)C[C@H]1CC[C@@H]1[C@@H]2CC[C@]2(C)[C@@H](O)CC[C@@H]12. The van der Waals surface area contributed by atoms with E-state index in [0.29, 0.717) is 17.6 Å². The summed E-state index contributed by atoms with van der Waals surface area (Å²) in [6.07, 6.45) is 11.9. The molecule has 0 unspecified atom stereocenters. The molecule has 0 aromatic heterocycles. The lowest BCUT2D eigenvalue weighted by molar-refractivity contribution is -0.123. The molecular formula is C19H28O2. The fraction of sp³-hybridized carbons (Fsp3) is 0.842. The number of aliphatic hydroxyl groups excluding tert-OH is 1. The summed E-state index contributed by atoms with van der Waals surface area (Å²) in [5.74, 6) is 3.08. The van der Waals surface area contributed by atoms with E-state index in [1.165, 1.54) is 32.1 Å². The van der Waals surface area contributed by atoms with Gasteiger partial charge in [0.15, 0.2) is 5.78 Å². The Hall–Kier alpha value is -0.630. The molecule has 7 atom stereocenters. The highest BCUT2D eigenvalue weighted by molar-refractivity contribution is 5.91. The van der Waals surface area contributed by atoms with Gasteiger partial charge in [-0.2, -0.15) is 0 Å². The lowest BCUT2D eigenvalue weighted by atomic mass is 9.46. The molecule has 0 amide bonds. The molecule has 2 heteroatoms. The summed E-state index contributed by atoms with van der Waals surface area (Å²) in [6, 6.07) is 0. The molecule has 1 N–H and O–H groups in total. The number of allylic oxidation sites excluding steroid dienone is 2. The van der Waals surface area contributed by atoms with Crippen molar-refractivity contribution in [3.63, 3.8) is 0 Å². The van der Waals surface area contributed by atoms with Crippen LogP contribution in [0.1, 0.15) is 58.8 Å². The normalized spacial score (nSPS) is 55.8. The molecule has 0 radical (unpaired) electrons. The summed E-state index contributed by atoms with van der Waals surface area (Å²) in [4.78, 5) is 11.8. The summed E-state index contributed by atoms with van der Waals surface area (Å²) in [6.45, 7) is 4.74. The van der Waals surface area contributed by atoms with Gasteiger partial charge in [0.25, 0.3) is 0 Å². The summed E-state index contributed by atoms with van der Waals surface area (Å²) in [7, 11) is 0. The topological polar surface area (TPSA) is 37.3 Å².